The van der Waals surface area contributed by atoms with Gasteiger partial charge in [0, 0.05) is 5.69 Å². The number of nitrogens with two attached hydrogens (primary N) is 1. The molecule has 1 atom stereocenters. The summed E-state index contributed by atoms with van der Waals surface area (Å²) in [5.74, 6) is -1.05. The van der Waals surface area contributed by atoms with E-state index in [-0.39, 0.29) is 0 Å². The van der Waals surface area contributed by atoms with Gasteiger partial charge in [0.2, 0.25) is 0 Å². The number of rotatable bonds is 9. The number of amides is 2. The number of unbranched alkanes of at least 4 members (excludes halogenated alkanes) is 1. The van der Waals surface area contributed by atoms with Gasteiger partial charge in [-0.25, -0.2) is 9.59 Å². The van der Waals surface area contributed by atoms with Crippen molar-refractivity contribution in [3.8, 4) is 0 Å². The van der Waals surface area contributed by atoms with E-state index < -0.39 is 18.0 Å². The van der Waals surface area contributed by atoms with Crippen LogP contribution in [0.4, 0.5) is 10.5 Å². The van der Waals surface area contributed by atoms with Crippen molar-refractivity contribution in [2.45, 2.75) is 31.7 Å². The van der Waals surface area contributed by atoms with Crippen LogP contribution in [-0.2, 0) is 11.2 Å². The number of nitrogens with one attached hydrogen (secondary N) is 2. The lowest BCUT2D eigenvalue weighted by molar-refractivity contribution is -0.139. The number of carboxylic acid groups (broad SMARTS) is 1. The second-order valence-electron chi connectivity index (χ2n) is 6.14. The maximum Gasteiger partial charge on any atom is 0.326 e. The quantitative estimate of drug-likeness (QED) is 0.519. The molecule has 0 aromatic heterocycles. The summed E-state index contributed by atoms with van der Waals surface area (Å²) in [6, 6.07) is 16.1. The van der Waals surface area contributed by atoms with Gasteiger partial charge in [-0.3, -0.25) is 0 Å². The second-order valence-corrected chi connectivity index (χ2v) is 6.14. The molecule has 0 radical (unpaired) electrons. The van der Waals surface area contributed by atoms with E-state index in [1.807, 2.05) is 48.5 Å². The molecule has 138 valence electrons. The Morgan fingerprint density at radius 3 is 2.42 bits per heavy atom. The topological polar surface area (TPSA) is 104 Å². The first-order valence-electron chi connectivity index (χ1n) is 8.71. The Kier molecular flexibility index (Phi) is 7.64. The van der Waals surface area contributed by atoms with Gasteiger partial charge >= 0.3 is 12.0 Å². The molecule has 0 fully saturated rings. The standard InChI is InChI=1S/C20H25N3O3/c21-12-5-4-11-18(19(24)25)23-20(26)22-17-10-6-9-16(14-17)13-15-7-2-1-3-8-15/h1-3,6-10,14,18H,4-5,11-13,21H2,(H,24,25)(H2,22,23,26). The van der Waals surface area contributed by atoms with Gasteiger partial charge in [0.25, 0.3) is 0 Å². The lowest BCUT2D eigenvalue weighted by atomic mass is 10.0. The maximum atomic E-state index is 12.1. The SMILES string of the molecule is NCCCCC(NC(=O)Nc1cccc(Cc2ccccc2)c1)C(=O)O. The molecular formula is C20H25N3O3. The number of hydrogen-bond acceptors (Lipinski definition) is 3. The van der Waals surface area contributed by atoms with Crippen LogP contribution in [0.25, 0.3) is 0 Å². The van der Waals surface area contributed by atoms with Crippen LogP contribution in [0.5, 0.6) is 0 Å². The minimum atomic E-state index is -1.05. The first kappa shape index (κ1) is 19.5. The molecule has 0 bridgehead atoms. The molecule has 2 rings (SSSR count). The molecule has 5 N–H and O–H groups in total. The van der Waals surface area contributed by atoms with Crippen molar-refractivity contribution in [3.63, 3.8) is 0 Å². The van der Waals surface area contributed by atoms with Crippen molar-refractivity contribution in [2.75, 3.05) is 11.9 Å². The summed E-state index contributed by atoms with van der Waals surface area (Å²) >= 11 is 0. The molecule has 6 nitrogen and oxygen atoms in total. The molecule has 2 amide bonds. The van der Waals surface area contributed by atoms with Gasteiger partial charge in [-0.15, -0.1) is 0 Å². The monoisotopic (exact) mass is 355 g/mol. The third kappa shape index (κ3) is 6.57. The molecule has 26 heavy (non-hydrogen) atoms. The number of benzene rings is 2. The number of aliphatic carboxylic acids is 1. The number of carbonyl (C=O) groups excluding carboxylic acids is 1. The molecule has 0 aliphatic carbocycles. The molecule has 6 heteroatoms. The minimum absolute atomic E-state index is 0.355. The van der Waals surface area contributed by atoms with Crippen LogP contribution in [0.3, 0.4) is 0 Å². The third-order valence-corrected chi connectivity index (χ3v) is 3.99. The molecule has 0 aliphatic heterocycles. The molecule has 0 saturated heterocycles. The van der Waals surface area contributed by atoms with Gasteiger partial charge in [-0.1, -0.05) is 42.5 Å². The third-order valence-electron chi connectivity index (χ3n) is 3.99. The number of anilines is 1. The van der Waals surface area contributed by atoms with Crippen LogP contribution in [0.2, 0.25) is 0 Å². The molecule has 2 aromatic carbocycles. The Hall–Kier alpha value is -2.86. The van der Waals surface area contributed by atoms with E-state index in [2.05, 4.69) is 10.6 Å². The fourth-order valence-electron chi connectivity index (χ4n) is 2.67. The summed E-state index contributed by atoms with van der Waals surface area (Å²) in [7, 11) is 0. The highest BCUT2D eigenvalue weighted by atomic mass is 16.4. The van der Waals surface area contributed by atoms with E-state index >= 15 is 0 Å². The smallest absolute Gasteiger partial charge is 0.326 e. The summed E-state index contributed by atoms with van der Waals surface area (Å²) in [6.45, 7) is 0.507. The Morgan fingerprint density at radius 1 is 1.00 bits per heavy atom. The van der Waals surface area contributed by atoms with Crippen LogP contribution in [0, 0.1) is 0 Å². The van der Waals surface area contributed by atoms with Gasteiger partial charge in [0.15, 0.2) is 0 Å². The van der Waals surface area contributed by atoms with E-state index in [0.29, 0.717) is 25.1 Å². The number of carboxylic acids is 1. The van der Waals surface area contributed by atoms with Gasteiger partial charge in [0.1, 0.15) is 6.04 Å². The van der Waals surface area contributed by atoms with Crippen LogP contribution in [0.15, 0.2) is 54.6 Å². The number of hydrogen-bond donors (Lipinski definition) is 4. The lowest BCUT2D eigenvalue weighted by Gasteiger charge is -2.15. The van der Waals surface area contributed by atoms with Crippen molar-refractivity contribution in [2.24, 2.45) is 5.73 Å². The second kappa shape index (κ2) is 10.2. The van der Waals surface area contributed by atoms with Crippen molar-refractivity contribution < 1.29 is 14.7 Å². The highest BCUT2D eigenvalue weighted by molar-refractivity contribution is 5.92. The molecule has 0 spiro atoms. The lowest BCUT2D eigenvalue weighted by Crippen LogP contribution is -2.43. The van der Waals surface area contributed by atoms with Gasteiger partial charge < -0.3 is 21.5 Å². The summed E-state index contributed by atoms with van der Waals surface area (Å²) in [5.41, 5.74) is 8.29. The predicted molar refractivity (Wildman–Crippen MR) is 102 cm³/mol. The van der Waals surface area contributed by atoms with E-state index in [0.717, 1.165) is 18.4 Å². The minimum Gasteiger partial charge on any atom is -0.480 e. The van der Waals surface area contributed by atoms with E-state index in [1.54, 1.807) is 6.07 Å². The Bertz CT molecular complexity index is 719. The average Bonchev–Trinajstić information content (AvgIpc) is 2.62. The van der Waals surface area contributed by atoms with Crippen LogP contribution >= 0.6 is 0 Å². The van der Waals surface area contributed by atoms with Gasteiger partial charge in [0.05, 0.1) is 0 Å². The summed E-state index contributed by atoms with van der Waals surface area (Å²) in [4.78, 5) is 23.4. The predicted octanol–water partition coefficient (Wildman–Crippen LogP) is 2.98. The largest absolute Gasteiger partial charge is 0.480 e. The summed E-state index contributed by atoms with van der Waals surface area (Å²) in [6.07, 6.45) is 2.50. The number of carbonyl (C=O) groups is 2. The molecule has 0 saturated carbocycles. The Morgan fingerprint density at radius 2 is 1.73 bits per heavy atom. The van der Waals surface area contributed by atoms with Crippen molar-refractivity contribution in [1.82, 2.24) is 5.32 Å². The fraction of sp³-hybridized carbons (Fsp3) is 0.300. The number of urea groups is 1. The first-order valence-corrected chi connectivity index (χ1v) is 8.71. The molecule has 0 heterocycles. The summed E-state index contributed by atoms with van der Waals surface area (Å²) in [5, 5.41) is 14.4. The normalized spacial score (nSPS) is 11.6. The highest BCUT2D eigenvalue weighted by Gasteiger charge is 2.19. The fourth-order valence-corrected chi connectivity index (χ4v) is 2.67. The van der Waals surface area contributed by atoms with Crippen molar-refractivity contribution in [3.05, 3.63) is 65.7 Å². The van der Waals surface area contributed by atoms with E-state index in [9.17, 15) is 14.7 Å². The molecule has 2 aromatic rings. The molecular weight excluding hydrogens is 330 g/mol. The van der Waals surface area contributed by atoms with Gasteiger partial charge in [-0.05, 0) is 55.5 Å². The van der Waals surface area contributed by atoms with Crippen LogP contribution < -0.4 is 16.4 Å². The van der Waals surface area contributed by atoms with Crippen molar-refractivity contribution >= 4 is 17.7 Å². The van der Waals surface area contributed by atoms with Gasteiger partial charge in [-0.2, -0.15) is 0 Å². The molecule has 0 aliphatic rings. The van der Waals surface area contributed by atoms with Crippen LogP contribution in [-0.4, -0.2) is 29.7 Å². The Balaban J connectivity index is 1.93. The zero-order valence-electron chi connectivity index (χ0n) is 14.7. The first-order chi connectivity index (χ1) is 12.6. The zero-order chi connectivity index (χ0) is 18.8. The van der Waals surface area contributed by atoms with E-state index in [4.69, 9.17) is 5.73 Å². The molecule has 1 unspecified atom stereocenters. The highest BCUT2D eigenvalue weighted by Crippen LogP contribution is 2.15. The van der Waals surface area contributed by atoms with Crippen molar-refractivity contribution in [1.29, 1.82) is 0 Å². The van der Waals surface area contributed by atoms with Crippen LogP contribution in [0.1, 0.15) is 30.4 Å². The van der Waals surface area contributed by atoms with E-state index in [1.165, 1.54) is 5.56 Å². The zero-order valence-corrected chi connectivity index (χ0v) is 14.7. The summed E-state index contributed by atoms with van der Waals surface area (Å²) < 4.78 is 0. The maximum absolute atomic E-state index is 12.1. The average molecular weight is 355 g/mol. The Labute approximate surface area is 153 Å².